The molecule has 0 radical (unpaired) electrons. The molecule has 0 bridgehead atoms. The molecule has 1 fully saturated rings. The number of methoxy groups -OCH3 is 1. The van der Waals surface area contributed by atoms with Crippen LogP contribution in [0.15, 0.2) is 48.5 Å². The predicted octanol–water partition coefficient (Wildman–Crippen LogP) is 4.39. The summed E-state index contributed by atoms with van der Waals surface area (Å²) < 4.78 is 44.8. The van der Waals surface area contributed by atoms with Gasteiger partial charge in [0.15, 0.2) is 0 Å². The number of benzene rings is 2. The van der Waals surface area contributed by atoms with Crippen LogP contribution in [0.1, 0.15) is 35.1 Å². The van der Waals surface area contributed by atoms with Crippen molar-refractivity contribution in [2.45, 2.75) is 31.0 Å². The van der Waals surface area contributed by atoms with Gasteiger partial charge >= 0.3 is 6.18 Å². The smallest absolute Gasteiger partial charge is 0.416 e. The maximum atomic E-state index is 13.2. The molecular weight excluding hydrogens is 405 g/mol. The number of fused-ring (bicyclic) bond motifs is 2. The Labute approximate surface area is 179 Å². The molecule has 164 valence electrons. The topological polar surface area (TPSA) is 41.6 Å². The lowest BCUT2D eigenvalue weighted by Crippen LogP contribution is -2.54. The second-order valence-corrected chi connectivity index (χ2v) is 8.03. The second kappa shape index (κ2) is 8.38. The van der Waals surface area contributed by atoms with E-state index >= 15 is 0 Å². The van der Waals surface area contributed by atoms with Crippen molar-refractivity contribution < 1.29 is 22.7 Å². The summed E-state index contributed by atoms with van der Waals surface area (Å²) in [5, 5.41) is 3.65. The monoisotopic (exact) mass is 430 g/mol. The zero-order valence-electron chi connectivity index (χ0n) is 17.3. The average molecular weight is 430 g/mol. The number of hydrogen-bond acceptors (Lipinski definition) is 3. The number of carbonyl (C=O) groups is 1. The molecule has 1 amide bonds. The van der Waals surface area contributed by atoms with Crippen LogP contribution >= 0.6 is 0 Å². The molecule has 0 saturated carbocycles. The molecule has 2 aliphatic heterocycles. The van der Waals surface area contributed by atoms with Crippen molar-refractivity contribution in [2.24, 2.45) is 0 Å². The quantitative estimate of drug-likeness (QED) is 0.735. The van der Waals surface area contributed by atoms with Crippen molar-refractivity contribution in [3.63, 3.8) is 0 Å². The van der Waals surface area contributed by atoms with E-state index in [1.54, 1.807) is 12.0 Å². The number of amides is 1. The molecule has 0 aliphatic carbocycles. The first kappa shape index (κ1) is 21.4. The van der Waals surface area contributed by atoms with Gasteiger partial charge in [0, 0.05) is 31.2 Å². The standard InChI is InChI=1S/C24H25F3N2O2/c1-31-19-7-8-20-18(16-19)10-13-28-23(20)11-14-29(15-12-23)22(30)9-6-17-4-2-3-5-21(17)24(25,26)27/h2-9,16,28H,10-15H2,1H3/b9-6+. The molecule has 4 rings (SSSR count). The predicted molar refractivity (Wildman–Crippen MR) is 113 cm³/mol. The largest absolute Gasteiger partial charge is 0.497 e. The Morgan fingerprint density at radius 1 is 1.16 bits per heavy atom. The van der Waals surface area contributed by atoms with Gasteiger partial charge in [-0.2, -0.15) is 13.2 Å². The zero-order valence-corrected chi connectivity index (χ0v) is 17.3. The molecule has 0 unspecified atom stereocenters. The van der Waals surface area contributed by atoms with Crippen molar-refractivity contribution in [1.29, 1.82) is 0 Å². The molecular formula is C24H25F3N2O2. The number of halogens is 3. The minimum absolute atomic E-state index is 0.00588. The fourth-order valence-electron chi connectivity index (χ4n) is 4.62. The van der Waals surface area contributed by atoms with E-state index in [4.69, 9.17) is 4.74 Å². The van der Waals surface area contributed by atoms with Gasteiger partial charge in [-0.25, -0.2) is 0 Å². The highest BCUT2D eigenvalue weighted by atomic mass is 19.4. The van der Waals surface area contributed by atoms with Crippen molar-refractivity contribution >= 4 is 12.0 Å². The van der Waals surface area contributed by atoms with Gasteiger partial charge < -0.3 is 15.0 Å². The first-order valence-electron chi connectivity index (χ1n) is 10.4. The molecule has 1 saturated heterocycles. The van der Waals surface area contributed by atoms with Gasteiger partial charge in [0.2, 0.25) is 5.91 Å². The Bertz CT molecular complexity index is 993. The lowest BCUT2D eigenvalue weighted by molar-refractivity contribution is -0.137. The summed E-state index contributed by atoms with van der Waals surface area (Å²) in [6, 6.07) is 11.4. The summed E-state index contributed by atoms with van der Waals surface area (Å²) in [5.41, 5.74) is 1.59. The number of rotatable bonds is 3. The molecule has 2 aromatic rings. The summed E-state index contributed by atoms with van der Waals surface area (Å²) in [4.78, 5) is 14.4. The Balaban J connectivity index is 1.46. The van der Waals surface area contributed by atoms with Crippen molar-refractivity contribution in [3.05, 3.63) is 70.8 Å². The molecule has 31 heavy (non-hydrogen) atoms. The van der Waals surface area contributed by atoms with Crippen LogP contribution in [0.5, 0.6) is 5.75 Å². The summed E-state index contributed by atoms with van der Waals surface area (Å²) in [6.07, 6.45) is 0.490. The number of hydrogen-bond donors (Lipinski definition) is 1. The van der Waals surface area contributed by atoms with E-state index < -0.39 is 11.7 Å². The van der Waals surface area contributed by atoms with Gasteiger partial charge in [0.1, 0.15) is 5.75 Å². The zero-order chi connectivity index (χ0) is 22.1. The van der Waals surface area contributed by atoms with Gasteiger partial charge in [-0.1, -0.05) is 24.3 Å². The van der Waals surface area contributed by atoms with E-state index in [0.29, 0.717) is 13.1 Å². The van der Waals surface area contributed by atoms with Gasteiger partial charge in [0.05, 0.1) is 12.7 Å². The molecule has 1 N–H and O–H groups in total. The summed E-state index contributed by atoms with van der Waals surface area (Å²) in [7, 11) is 1.66. The molecule has 1 spiro atoms. The maximum absolute atomic E-state index is 13.2. The number of piperidine rings is 1. The van der Waals surface area contributed by atoms with Gasteiger partial charge in [-0.05, 0) is 60.2 Å². The molecule has 2 aromatic carbocycles. The highest BCUT2D eigenvalue weighted by Crippen LogP contribution is 2.39. The molecule has 2 aliphatic rings. The van der Waals surface area contributed by atoms with Crippen molar-refractivity contribution in [2.75, 3.05) is 26.7 Å². The minimum Gasteiger partial charge on any atom is -0.497 e. The maximum Gasteiger partial charge on any atom is 0.416 e. The number of alkyl halides is 3. The summed E-state index contributed by atoms with van der Waals surface area (Å²) in [6.45, 7) is 1.95. The van der Waals surface area contributed by atoms with Crippen LogP contribution in [0, 0.1) is 0 Å². The molecule has 0 atom stereocenters. The van der Waals surface area contributed by atoms with Crippen LogP contribution < -0.4 is 10.1 Å². The Hall–Kier alpha value is -2.80. The fraction of sp³-hybridized carbons (Fsp3) is 0.375. The lowest BCUT2D eigenvalue weighted by atomic mass is 9.76. The number of nitrogens with zero attached hydrogens (tertiary/aromatic N) is 1. The Morgan fingerprint density at radius 2 is 1.90 bits per heavy atom. The van der Waals surface area contributed by atoms with Crippen molar-refractivity contribution in [1.82, 2.24) is 10.2 Å². The van der Waals surface area contributed by atoms with E-state index in [-0.39, 0.29) is 17.0 Å². The van der Waals surface area contributed by atoms with E-state index in [2.05, 4.69) is 17.4 Å². The SMILES string of the molecule is COc1ccc2c(c1)CCNC21CCN(C(=O)/C=C/c2ccccc2C(F)(F)F)CC1. The first-order chi connectivity index (χ1) is 14.8. The van der Waals surface area contributed by atoms with Gasteiger partial charge in [-0.3, -0.25) is 4.79 Å². The third-order valence-corrected chi connectivity index (χ3v) is 6.29. The summed E-state index contributed by atoms with van der Waals surface area (Å²) >= 11 is 0. The van der Waals surface area contributed by atoms with Crippen LogP contribution in [0.2, 0.25) is 0 Å². The van der Waals surface area contributed by atoms with Crippen LogP contribution in [-0.2, 0) is 22.9 Å². The number of ether oxygens (including phenoxy) is 1. The fourth-order valence-corrected chi connectivity index (χ4v) is 4.62. The Morgan fingerprint density at radius 3 is 2.61 bits per heavy atom. The normalized spacial score (nSPS) is 18.3. The van der Waals surface area contributed by atoms with E-state index in [1.807, 2.05) is 6.07 Å². The highest BCUT2D eigenvalue weighted by molar-refractivity contribution is 5.92. The van der Waals surface area contributed by atoms with Crippen LogP contribution in [-0.4, -0.2) is 37.6 Å². The van der Waals surface area contributed by atoms with Crippen LogP contribution in [0.3, 0.4) is 0 Å². The van der Waals surface area contributed by atoms with Crippen LogP contribution in [0.4, 0.5) is 13.2 Å². The first-order valence-corrected chi connectivity index (χ1v) is 10.4. The van der Waals surface area contributed by atoms with Crippen molar-refractivity contribution in [3.8, 4) is 5.75 Å². The van der Waals surface area contributed by atoms with E-state index in [9.17, 15) is 18.0 Å². The number of carbonyl (C=O) groups excluding carboxylic acids is 1. The number of likely N-dealkylation sites (tertiary alicyclic amines) is 1. The van der Waals surface area contributed by atoms with E-state index in [0.717, 1.165) is 37.6 Å². The average Bonchev–Trinajstić information content (AvgIpc) is 2.77. The number of nitrogens with one attached hydrogen (secondary N) is 1. The Kier molecular flexibility index (Phi) is 5.79. The molecule has 0 aromatic heterocycles. The molecule has 4 nitrogen and oxygen atoms in total. The minimum atomic E-state index is -4.45. The van der Waals surface area contributed by atoms with E-state index in [1.165, 1.54) is 41.5 Å². The third-order valence-electron chi connectivity index (χ3n) is 6.29. The second-order valence-electron chi connectivity index (χ2n) is 8.03. The van der Waals surface area contributed by atoms with Gasteiger partial charge in [-0.15, -0.1) is 0 Å². The summed E-state index contributed by atoms with van der Waals surface area (Å²) in [5.74, 6) is 0.574. The van der Waals surface area contributed by atoms with Crippen LogP contribution in [0.25, 0.3) is 6.08 Å². The lowest BCUT2D eigenvalue weighted by Gasteiger charge is -2.46. The third kappa shape index (κ3) is 4.32. The molecule has 2 heterocycles. The highest BCUT2D eigenvalue weighted by Gasteiger charge is 2.40. The van der Waals surface area contributed by atoms with Gasteiger partial charge in [0.25, 0.3) is 0 Å². The molecule has 7 heteroatoms.